The van der Waals surface area contributed by atoms with Gasteiger partial charge in [-0.3, -0.25) is 0 Å². The van der Waals surface area contributed by atoms with Gasteiger partial charge in [0.15, 0.2) is 0 Å². The van der Waals surface area contributed by atoms with Gasteiger partial charge in [-0.15, -0.1) is 0 Å². The summed E-state index contributed by atoms with van der Waals surface area (Å²) in [5.74, 6) is 4.43. The Bertz CT molecular complexity index is 907. The van der Waals surface area contributed by atoms with Crippen LogP contribution in [0.25, 0.3) is 0 Å². The van der Waals surface area contributed by atoms with Crippen LogP contribution in [0.3, 0.4) is 0 Å². The first-order valence-electron chi connectivity index (χ1n) is 14.2. The molecule has 9 atom stereocenters. The predicted molar refractivity (Wildman–Crippen MR) is 138 cm³/mol. The highest BCUT2D eigenvalue weighted by Crippen LogP contribution is 2.77. The third-order valence-corrected chi connectivity index (χ3v) is 13.5. The maximum absolute atomic E-state index is 9.94. The second-order valence-corrected chi connectivity index (χ2v) is 15.2. The van der Waals surface area contributed by atoms with Crippen LogP contribution in [0.2, 0.25) is 0 Å². The van der Waals surface area contributed by atoms with Crippen LogP contribution in [0, 0.1) is 62.6 Å². The summed E-state index contributed by atoms with van der Waals surface area (Å²) in [5.41, 5.74) is 2.19. The summed E-state index contributed by atoms with van der Waals surface area (Å²) in [6, 6.07) is 0. The minimum atomic E-state index is -0.290. The zero-order valence-corrected chi connectivity index (χ0v) is 23.1. The van der Waals surface area contributed by atoms with Crippen LogP contribution < -0.4 is 0 Å². The highest BCUT2D eigenvalue weighted by molar-refractivity contribution is 6.44. The molecule has 0 amide bonds. The van der Waals surface area contributed by atoms with Crippen LogP contribution in [-0.4, -0.2) is 21.8 Å². The number of rotatable bonds is 1. The fourth-order valence-electron chi connectivity index (χ4n) is 11.8. The van der Waals surface area contributed by atoms with Gasteiger partial charge >= 0.3 is 0 Å². The first kappa shape index (κ1) is 24.6. The third kappa shape index (κ3) is 2.83. The van der Waals surface area contributed by atoms with Crippen molar-refractivity contribution < 1.29 is 10.4 Å². The Balaban J connectivity index is 1.57. The van der Waals surface area contributed by atoms with Gasteiger partial charge in [0.1, 0.15) is 11.4 Å². The topological polar surface area (TPSA) is 65.2 Å². The maximum Gasteiger partial charge on any atom is 0.110 e. The minimum Gasteiger partial charge on any atom is -0.411 e. The number of hydrogen-bond donors (Lipinski definition) is 2. The molecule has 0 aliphatic heterocycles. The third-order valence-electron chi connectivity index (χ3n) is 13.5. The van der Waals surface area contributed by atoms with Crippen LogP contribution >= 0.6 is 0 Å². The molecule has 0 spiro atoms. The molecule has 192 valence electrons. The van der Waals surface area contributed by atoms with Gasteiger partial charge in [0.25, 0.3) is 0 Å². The standard InChI is InChI=1S/C30H50N2O2/c1-18(2)19-11-13-27(5)15-16-29(7)20(24(19)27)9-10-23-28(6)17-21(31-33)25(32-34)26(3,4)22(28)12-14-30(23,29)8/h18-20,22-24,33-34H,9-17H2,1-8H3/b31-21-,32-25+/t19-,20+,22-,23+,24+,27+,28-,29+,30+/m0/s1. The molecule has 0 saturated heterocycles. The number of nitrogens with zero attached hydrogens (tertiary/aromatic N) is 2. The predicted octanol–water partition coefficient (Wildman–Crippen LogP) is 8.01. The molecule has 5 aliphatic rings. The van der Waals surface area contributed by atoms with Gasteiger partial charge in [-0.2, -0.15) is 0 Å². The van der Waals surface area contributed by atoms with Crippen molar-refractivity contribution in [2.24, 2.45) is 72.9 Å². The molecule has 5 fully saturated rings. The molecule has 4 heteroatoms. The van der Waals surface area contributed by atoms with Crippen molar-refractivity contribution in [2.75, 3.05) is 0 Å². The van der Waals surface area contributed by atoms with E-state index in [0.29, 0.717) is 39.5 Å². The monoisotopic (exact) mass is 470 g/mol. The Hall–Kier alpha value is -1.06. The summed E-state index contributed by atoms with van der Waals surface area (Å²) in [5, 5.41) is 27.2. The Morgan fingerprint density at radius 3 is 2.09 bits per heavy atom. The summed E-state index contributed by atoms with van der Waals surface area (Å²) in [6.07, 6.45) is 11.5. The molecule has 5 aliphatic carbocycles. The lowest BCUT2D eigenvalue weighted by Crippen LogP contribution is -2.67. The summed E-state index contributed by atoms with van der Waals surface area (Å²) in [4.78, 5) is 0. The van der Waals surface area contributed by atoms with Crippen LogP contribution in [-0.2, 0) is 0 Å². The largest absolute Gasteiger partial charge is 0.411 e. The summed E-state index contributed by atoms with van der Waals surface area (Å²) in [6.45, 7) is 19.8. The summed E-state index contributed by atoms with van der Waals surface area (Å²) < 4.78 is 0. The highest BCUT2D eigenvalue weighted by atomic mass is 16.4. The lowest BCUT2D eigenvalue weighted by molar-refractivity contribution is -0.224. The molecular weight excluding hydrogens is 420 g/mol. The number of hydrogen-bond acceptors (Lipinski definition) is 4. The molecule has 0 aromatic heterocycles. The molecular formula is C30H50N2O2. The molecule has 0 aromatic carbocycles. The van der Waals surface area contributed by atoms with E-state index < -0.39 is 0 Å². The highest BCUT2D eigenvalue weighted by Gasteiger charge is 2.70. The Kier molecular flexibility index (Phi) is 5.42. The second kappa shape index (κ2) is 7.48. The summed E-state index contributed by atoms with van der Waals surface area (Å²) in [7, 11) is 0. The van der Waals surface area contributed by atoms with E-state index >= 15 is 0 Å². The Morgan fingerprint density at radius 2 is 1.47 bits per heavy atom. The van der Waals surface area contributed by atoms with E-state index in [-0.39, 0.29) is 10.8 Å². The van der Waals surface area contributed by atoms with E-state index in [1.807, 2.05) is 0 Å². The van der Waals surface area contributed by atoms with E-state index in [1.54, 1.807) is 0 Å². The zero-order chi connectivity index (χ0) is 24.9. The number of oxime groups is 2. The molecule has 0 unspecified atom stereocenters. The van der Waals surface area contributed by atoms with Crippen molar-refractivity contribution in [3.63, 3.8) is 0 Å². The lowest BCUT2D eigenvalue weighted by Gasteiger charge is -2.72. The van der Waals surface area contributed by atoms with Crippen LogP contribution in [0.5, 0.6) is 0 Å². The molecule has 34 heavy (non-hydrogen) atoms. The van der Waals surface area contributed by atoms with Crippen LogP contribution in [0.4, 0.5) is 0 Å². The Morgan fingerprint density at radius 1 is 0.765 bits per heavy atom. The molecule has 5 rings (SSSR count). The van der Waals surface area contributed by atoms with Gasteiger partial charge in [-0.05, 0) is 109 Å². The van der Waals surface area contributed by atoms with Gasteiger partial charge in [0, 0.05) is 11.8 Å². The van der Waals surface area contributed by atoms with Crippen molar-refractivity contribution >= 4 is 11.4 Å². The van der Waals surface area contributed by atoms with E-state index in [2.05, 4.69) is 65.7 Å². The van der Waals surface area contributed by atoms with E-state index in [4.69, 9.17) is 0 Å². The smallest absolute Gasteiger partial charge is 0.110 e. The van der Waals surface area contributed by atoms with Gasteiger partial charge in [0.2, 0.25) is 0 Å². The second-order valence-electron chi connectivity index (χ2n) is 15.2. The quantitative estimate of drug-likeness (QED) is 0.301. The molecule has 0 radical (unpaired) electrons. The van der Waals surface area contributed by atoms with Crippen molar-refractivity contribution in [3.05, 3.63) is 0 Å². The molecule has 2 N–H and O–H groups in total. The molecule has 4 nitrogen and oxygen atoms in total. The molecule has 0 bridgehead atoms. The van der Waals surface area contributed by atoms with Crippen LogP contribution in [0.1, 0.15) is 113 Å². The van der Waals surface area contributed by atoms with Crippen molar-refractivity contribution in [1.29, 1.82) is 0 Å². The minimum absolute atomic E-state index is 0.0636. The zero-order valence-electron chi connectivity index (χ0n) is 23.1. The SMILES string of the molecule is CC(C)[C@@H]1CC[C@]2(C)CC[C@]3(C)[C@H](CC[C@@H]4[C@@]5(C)CC(=N/O)/C(=N\O)C(C)(C)[C@@H]5CC[C@]43C)[C@@H]12. The molecule has 0 aromatic rings. The van der Waals surface area contributed by atoms with Gasteiger partial charge in [0.05, 0.1) is 0 Å². The molecule has 0 heterocycles. The van der Waals surface area contributed by atoms with Gasteiger partial charge in [-0.25, -0.2) is 0 Å². The first-order chi connectivity index (χ1) is 15.8. The summed E-state index contributed by atoms with van der Waals surface area (Å²) >= 11 is 0. The van der Waals surface area contributed by atoms with E-state index in [9.17, 15) is 10.4 Å². The van der Waals surface area contributed by atoms with Gasteiger partial charge in [-0.1, -0.05) is 65.7 Å². The van der Waals surface area contributed by atoms with E-state index in [0.717, 1.165) is 30.1 Å². The van der Waals surface area contributed by atoms with Crippen LogP contribution in [0.15, 0.2) is 10.3 Å². The van der Waals surface area contributed by atoms with Crippen molar-refractivity contribution in [2.45, 2.75) is 113 Å². The van der Waals surface area contributed by atoms with Crippen molar-refractivity contribution in [1.82, 2.24) is 0 Å². The number of fused-ring (bicyclic) bond motifs is 7. The average molecular weight is 471 g/mol. The fourth-order valence-corrected chi connectivity index (χ4v) is 11.8. The van der Waals surface area contributed by atoms with Gasteiger partial charge < -0.3 is 10.4 Å². The first-order valence-corrected chi connectivity index (χ1v) is 14.2. The normalized spacial score (nSPS) is 54.4. The van der Waals surface area contributed by atoms with Crippen molar-refractivity contribution in [3.8, 4) is 0 Å². The fraction of sp³-hybridized carbons (Fsp3) is 0.933. The average Bonchev–Trinajstić information content (AvgIpc) is 3.11. The Labute approximate surface area is 208 Å². The van der Waals surface area contributed by atoms with E-state index in [1.165, 1.54) is 51.4 Å². The molecule has 5 saturated carbocycles. The lowest BCUT2D eigenvalue weighted by atomic mass is 9.32. The maximum atomic E-state index is 9.94.